The molecule has 0 saturated heterocycles. The van der Waals surface area contributed by atoms with Crippen LogP contribution in [-0.2, 0) is 0 Å². The zero-order valence-electron chi connectivity index (χ0n) is 9.81. The molecular formula is C13H15N3. The molecule has 3 nitrogen and oxygen atoms in total. The molecule has 0 N–H and O–H groups in total. The summed E-state index contributed by atoms with van der Waals surface area (Å²) in [6, 6.07) is 12.2. The number of benzene rings is 1. The topological polar surface area (TPSA) is 29.0 Å². The molecule has 0 saturated carbocycles. The van der Waals surface area contributed by atoms with E-state index < -0.39 is 0 Å². The summed E-state index contributed by atoms with van der Waals surface area (Å²) in [5, 5.41) is 8.47. The third-order valence-electron chi connectivity index (χ3n) is 2.45. The highest BCUT2D eigenvalue weighted by Crippen LogP contribution is 2.20. The second-order valence-electron chi connectivity index (χ2n) is 4.00. The van der Waals surface area contributed by atoms with Crippen molar-refractivity contribution in [2.45, 2.75) is 6.92 Å². The standard InChI is InChI=1S/C13H15N3/c1-10-9-12(11-7-5-4-6-8-11)14-15-13(10)16(2)3/h4-9H,1-3H3. The van der Waals surface area contributed by atoms with E-state index in [4.69, 9.17) is 0 Å². The average Bonchev–Trinajstić information content (AvgIpc) is 2.29. The van der Waals surface area contributed by atoms with Gasteiger partial charge in [0.2, 0.25) is 0 Å². The summed E-state index contributed by atoms with van der Waals surface area (Å²) < 4.78 is 0. The van der Waals surface area contributed by atoms with Gasteiger partial charge in [-0.3, -0.25) is 0 Å². The Balaban J connectivity index is 2.43. The first-order chi connectivity index (χ1) is 7.68. The van der Waals surface area contributed by atoms with Gasteiger partial charge in [-0.2, -0.15) is 0 Å². The van der Waals surface area contributed by atoms with Crippen LogP contribution in [0.3, 0.4) is 0 Å². The van der Waals surface area contributed by atoms with Crippen molar-refractivity contribution in [3.05, 3.63) is 42.0 Å². The summed E-state index contributed by atoms with van der Waals surface area (Å²) >= 11 is 0. The Morgan fingerprint density at radius 2 is 1.69 bits per heavy atom. The van der Waals surface area contributed by atoms with Crippen LogP contribution in [0.1, 0.15) is 5.56 Å². The van der Waals surface area contributed by atoms with Crippen LogP contribution in [0.25, 0.3) is 11.3 Å². The highest BCUT2D eigenvalue weighted by Gasteiger charge is 2.06. The van der Waals surface area contributed by atoms with Crippen molar-refractivity contribution < 1.29 is 0 Å². The van der Waals surface area contributed by atoms with Gasteiger partial charge in [0.1, 0.15) is 0 Å². The third-order valence-corrected chi connectivity index (χ3v) is 2.45. The second kappa shape index (κ2) is 4.31. The Morgan fingerprint density at radius 1 is 1.00 bits per heavy atom. The Bertz CT molecular complexity index is 478. The van der Waals surface area contributed by atoms with Crippen LogP contribution >= 0.6 is 0 Å². The number of aromatic nitrogens is 2. The van der Waals surface area contributed by atoms with Crippen molar-refractivity contribution in [1.82, 2.24) is 10.2 Å². The lowest BCUT2D eigenvalue weighted by Gasteiger charge is -2.13. The summed E-state index contributed by atoms with van der Waals surface area (Å²) in [4.78, 5) is 1.97. The minimum absolute atomic E-state index is 0.916. The van der Waals surface area contributed by atoms with E-state index in [-0.39, 0.29) is 0 Å². The summed E-state index contributed by atoms with van der Waals surface area (Å²) in [5.74, 6) is 0.916. The molecule has 2 rings (SSSR count). The van der Waals surface area contributed by atoms with E-state index in [2.05, 4.69) is 23.2 Å². The summed E-state index contributed by atoms with van der Waals surface area (Å²) in [6.45, 7) is 2.05. The molecule has 82 valence electrons. The molecule has 0 unspecified atom stereocenters. The molecule has 0 fully saturated rings. The van der Waals surface area contributed by atoms with Crippen LogP contribution in [0, 0.1) is 6.92 Å². The molecule has 1 heterocycles. The minimum Gasteiger partial charge on any atom is -0.361 e. The number of rotatable bonds is 2. The Kier molecular flexibility index (Phi) is 2.86. The van der Waals surface area contributed by atoms with Gasteiger partial charge >= 0.3 is 0 Å². The van der Waals surface area contributed by atoms with Crippen LogP contribution in [0.5, 0.6) is 0 Å². The molecule has 0 atom stereocenters. The molecule has 0 spiro atoms. The molecule has 2 aromatic rings. The molecular weight excluding hydrogens is 198 g/mol. The SMILES string of the molecule is Cc1cc(-c2ccccc2)nnc1N(C)C. The molecule has 0 aliphatic rings. The lowest BCUT2D eigenvalue weighted by Crippen LogP contribution is -2.13. The maximum Gasteiger partial charge on any atom is 0.153 e. The summed E-state index contributed by atoms with van der Waals surface area (Å²) in [5.41, 5.74) is 3.16. The number of hydrogen-bond acceptors (Lipinski definition) is 3. The van der Waals surface area contributed by atoms with E-state index in [9.17, 15) is 0 Å². The lowest BCUT2D eigenvalue weighted by atomic mass is 10.1. The van der Waals surface area contributed by atoms with E-state index in [1.165, 1.54) is 0 Å². The monoisotopic (exact) mass is 213 g/mol. The highest BCUT2D eigenvalue weighted by atomic mass is 15.2. The van der Waals surface area contributed by atoms with Crippen molar-refractivity contribution in [2.75, 3.05) is 19.0 Å². The number of nitrogens with zero attached hydrogens (tertiary/aromatic N) is 3. The zero-order valence-corrected chi connectivity index (χ0v) is 9.81. The largest absolute Gasteiger partial charge is 0.361 e. The minimum atomic E-state index is 0.916. The van der Waals surface area contributed by atoms with Crippen LogP contribution in [0.15, 0.2) is 36.4 Å². The van der Waals surface area contributed by atoms with E-state index in [1.807, 2.05) is 49.3 Å². The Hall–Kier alpha value is -1.90. The fourth-order valence-corrected chi connectivity index (χ4v) is 1.67. The quantitative estimate of drug-likeness (QED) is 0.767. The van der Waals surface area contributed by atoms with Gasteiger partial charge < -0.3 is 4.90 Å². The average molecular weight is 213 g/mol. The first-order valence-corrected chi connectivity index (χ1v) is 5.25. The molecule has 0 aliphatic carbocycles. The predicted molar refractivity (Wildman–Crippen MR) is 66.5 cm³/mol. The smallest absolute Gasteiger partial charge is 0.153 e. The maximum absolute atomic E-state index is 4.24. The molecule has 1 aromatic heterocycles. The Labute approximate surface area is 95.8 Å². The fourth-order valence-electron chi connectivity index (χ4n) is 1.67. The van der Waals surface area contributed by atoms with Crippen molar-refractivity contribution in [1.29, 1.82) is 0 Å². The van der Waals surface area contributed by atoms with Gasteiger partial charge in [-0.05, 0) is 18.6 Å². The van der Waals surface area contributed by atoms with Crippen LogP contribution in [0.4, 0.5) is 5.82 Å². The summed E-state index contributed by atoms with van der Waals surface area (Å²) in [6.07, 6.45) is 0. The molecule has 0 aliphatic heterocycles. The predicted octanol–water partition coefficient (Wildman–Crippen LogP) is 2.52. The molecule has 0 amide bonds. The highest BCUT2D eigenvalue weighted by molar-refractivity contribution is 5.61. The van der Waals surface area contributed by atoms with E-state index in [0.717, 1.165) is 22.6 Å². The van der Waals surface area contributed by atoms with Gasteiger partial charge in [0.05, 0.1) is 5.69 Å². The van der Waals surface area contributed by atoms with Gasteiger partial charge in [-0.15, -0.1) is 10.2 Å². The lowest BCUT2D eigenvalue weighted by molar-refractivity contribution is 0.954. The van der Waals surface area contributed by atoms with Crippen molar-refractivity contribution >= 4 is 5.82 Å². The number of hydrogen-bond donors (Lipinski definition) is 0. The van der Waals surface area contributed by atoms with Gasteiger partial charge in [0.15, 0.2) is 5.82 Å². The van der Waals surface area contributed by atoms with Crippen LogP contribution in [0.2, 0.25) is 0 Å². The molecule has 0 radical (unpaired) electrons. The maximum atomic E-state index is 4.24. The van der Waals surface area contributed by atoms with Crippen LogP contribution in [-0.4, -0.2) is 24.3 Å². The number of anilines is 1. The second-order valence-corrected chi connectivity index (χ2v) is 4.00. The molecule has 16 heavy (non-hydrogen) atoms. The van der Waals surface area contributed by atoms with Crippen molar-refractivity contribution in [3.8, 4) is 11.3 Å². The van der Waals surface area contributed by atoms with Crippen molar-refractivity contribution in [3.63, 3.8) is 0 Å². The Morgan fingerprint density at radius 3 is 2.25 bits per heavy atom. The van der Waals surface area contributed by atoms with Crippen molar-refractivity contribution in [2.24, 2.45) is 0 Å². The van der Waals surface area contributed by atoms with Gasteiger partial charge in [0.25, 0.3) is 0 Å². The van der Waals surface area contributed by atoms with Gasteiger partial charge in [0, 0.05) is 19.7 Å². The molecule has 3 heteroatoms. The fraction of sp³-hybridized carbons (Fsp3) is 0.231. The normalized spacial score (nSPS) is 10.2. The van der Waals surface area contributed by atoms with Gasteiger partial charge in [-0.25, -0.2) is 0 Å². The zero-order chi connectivity index (χ0) is 11.5. The first kappa shape index (κ1) is 10.6. The van der Waals surface area contributed by atoms with E-state index >= 15 is 0 Å². The summed E-state index contributed by atoms with van der Waals surface area (Å²) in [7, 11) is 3.94. The third kappa shape index (κ3) is 2.03. The molecule has 0 bridgehead atoms. The van der Waals surface area contributed by atoms with Crippen LogP contribution < -0.4 is 4.90 Å². The van der Waals surface area contributed by atoms with E-state index in [1.54, 1.807) is 0 Å². The van der Waals surface area contributed by atoms with Gasteiger partial charge in [-0.1, -0.05) is 30.3 Å². The first-order valence-electron chi connectivity index (χ1n) is 5.25. The molecule has 1 aromatic carbocycles. The van der Waals surface area contributed by atoms with E-state index in [0.29, 0.717) is 0 Å². The number of aryl methyl sites for hydroxylation is 1.